The summed E-state index contributed by atoms with van der Waals surface area (Å²) in [5, 5.41) is 2.87. The second-order valence-electron chi connectivity index (χ2n) is 4.59. The number of amides is 1. The molecule has 0 bridgehead atoms. The minimum Gasteiger partial charge on any atom is -0.348 e. The van der Waals surface area contributed by atoms with E-state index in [9.17, 15) is 4.79 Å². The molecule has 3 heteroatoms. The van der Waals surface area contributed by atoms with Gasteiger partial charge in [0.25, 0.3) is 0 Å². The van der Waals surface area contributed by atoms with Crippen LogP contribution in [0.3, 0.4) is 0 Å². The minimum atomic E-state index is -0.0921. The maximum absolute atomic E-state index is 11.7. The summed E-state index contributed by atoms with van der Waals surface area (Å²) in [6.07, 6.45) is 3.35. The monoisotopic (exact) mass is 329 g/mol. The van der Waals surface area contributed by atoms with E-state index in [1.165, 1.54) is 5.56 Å². The summed E-state index contributed by atoms with van der Waals surface area (Å²) in [5.41, 5.74) is 3.30. The predicted octanol–water partition coefficient (Wildman–Crippen LogP) is 4.09. The van der Waals surface area contributed by atoms with Gasteiger partial charge in [0.1, 0.15) is 0 Å². The maximum Gasteiger partial charge on any atom is 0.244 e. The highest BCUT2D eigenvalue weighted by Crippen LogP contribution is 2.12. The zero-order chi connectivity index (χ0) is 14.4. The van der Waals surface area contributed by atoms with Gasteiger partial charge in [0.05, 0.1) is 0 Å². The first-order valence-corrected chi connectivity index (χ1v) is 7.20. The van der Waals surface area contributed by atoms with Crippen molar-refractivity contribution in [3.8, 4) is 0 Å². The zero-order valence-electron chi connectivity index (χ0n) is 11.3. The second kappa shape index (κ2) is 7.06. The summed E-state index contributed by atoms with van der Waals surface area (Å²) in [6, 6.07) is 15.9. The fraction of sp³-hybridized carbons (Fsp3) is 0.118. The van der Waals surface area contributed by atoms with Crippen molar-refractivity contribution in [3.05, 3.63) is 75.8 Å². The van der Waals surface area contributed by atoms with E-state index in [1.54, 1.807) is 12.2 Å². The molecule has 2 aromatic carbocycles. The third-order valence-corrected chi connectivity index (χ3v) is 3.36. The van der Waals surface area contributed by atoms with Gasteiger partial charge in [-0.1, -0.05) is 57.9 Å². The van der Waals surface area contributed by atoms with Crippen LogP contribution in [-0.2, 0) is 11.3 Å². The van der Waals surface area contributed by atoms with Crippen LogP contribution in [0.1, 0.15) is 16.7 Å². The molecule has 0 saturated heterocycles. The molecule has 1 amide bonds. The van der Waals surface area contributed by atoms with Crippen LogP contribution in [0.25, 0.3) is 6.08 Å². The summed E-state index contributed by atoms with van der Waals surface area (Å²) in [5.74, 6) is -0.0921. The molecule has 2 aromatic rings. The number of aryl methyl sites for hydroxylation is 1. The lowest BCUT2D eigenvalue weighted by Gasteiger charge is -2.03. The third-order valence-electron chi connectivity index (χ3n) is 2.86. The highest BCUT2D eigenvalue weighted by atomic mass is 79.9. The molecule has 0 fully saturated rings. The first kappa shape index (κ1) is 14.5. The van der Waals surface area contributed by atoms with Crippen molar-refractivity contribution in [2.24, 2.45) is 0 Å². The van der Waals surface area contributed by atoms with Gasteiger partial charge in [0.15, 0.2) is 0 Å². The van der Waals surface area contributed by atoms with E-state index in [2.05, 4.69) is 21.2 Å². The Balaban J connectivity index is 1.88. The molecule has 102 valence electrons. The lowest BCUT2D eigenvalue weighted by atomic mass is 10.1. The van der Waals surface area contributed by atoms with Crippen molar-refractivity contribution in [3.63, 3.8) is 0 Å². The van der Waals surface area contributed by atoms with Crippen molar-refractivity contribution < 1.29 is 4.79 Å². The second-order valence-corrected chi connectivity index (χ2v) is 5.51. The molecule has 0 radical (unpaired) electrons. The number of benzene rings is 2. The minimum absolute atomic E-state index is 0.0921. The SMILES string of the molecule is Cc1ccc(CNC(=O)/C=C/c2cccc(Br)c2)cc1. The Morgan fingerprint density at radius 3 is 2.65 bits per heavy atom. The van der Waals surface area contributed by atoms with E-state index in [-0.39, 0.29) is 5.91 Å². The average molecular weight is 330 g/mol. The number of carbonyl (C=O) groups is 1. The molecular formula is C17H16BrNO. The lowest BCUT2D eigenvalue weighted by molar-refractivity contribution is -0.116. The van der Waals surface area contributed by atoms with Gasteiger partial charge in [0.2, 0.25) is 5.91 Å². The van der Waals surface area contributed by atoms with Crippen molar-refractivity contribution in [1.29, 1.82) is 0 Å². The molecule has 2 rings (SSSR count). The number of hydrogen-bond donors (Lipinski definition) is 1. The molecule has 0 atom stereocenters. The van der Waals surface area contributed by atoms with Crippen LogP contribution in [0.4, 0.5) is 0 Å². The molecule has 2 nitrogen and oxygen atoms in total. The molecule has 0 aliphatic rings. The van der Waals surface area contributed by atoms with Gasteiger partial charge < -0.3 is 5.32 Å². The van der Waals surface area contributed by atoms with Gasteiger partial charge in [-0.15, -0.1) is 0 Å². The van der Waals surface area contributed by atoms with Crippen LogP contribution in [0.2, 0.25) is 0 Å². The van der Waals surface area contributed by atoms with Crippen molar-refractivity contribution in [2.45, 2.75) is 13.5 Å². The molecule has 0 aliphatic heterocycles. The first-order valence-electron chi connectivity index (χ1n) is 6.40. The maximum atomic E-state index is 11.7. The largest absolute Gasteiger partial charge is 0.348 e. The number of nitrogens with one attached hydrogen (secondary N) is 1. The van der Waals surface area contributed by atoms with E-state index in [0.29, 0.717) is 6.54 Å². The predicted molar refractivity (Wildman–Crippen MR) is 86.2 cm³/mol. The van der Waals surface area contributed by atoms with Crippen LogP contribution in [0.5, 0.6) is 0 Å². The lowest BCUT2D eigenvalue weighted by Crippen LogP contribution is -2.20. The van der Waals surface area contributed by atoms with Gasteiger partial charge in [-0.25, -0.2) is 0 Å². The number of carbonyl (C=O) groups excluding carboxylic acids is 1. The third kappa shape index (κ3) is 4.67. The Morgan fingerprint density at radius 2 is 1.95 bits per heavy atom. The normalized spacial score (nSPS) is 10.7. The van der Waals surface area contributed by atoms with Crippen molar-refractivity contribution >= 4 is 27.9 Å². The number of rotatable bonds is 4. The Labute approximate surface area is 127 Å². The molecule has 0 saturated carbocycles. The zero-order valence-corrected chi connectivity index (χ0v) is 12.9. The molecule has 0 aromatic heterocycles. The molecule has 1 N–H and O–H groups in total. The fourth-order valence-electron chi connectivity index (χ4n) is 1.74. The van der Waals surface area contributed by atoms with E-state index in [1.807, 2.05) is 55.5 Å². The molecule has 0 aliphatic carbocycles. The average Bonchev–Trinajstić information content (AvgIpc) is 2.45. The van der Waals surface area contributed by atoms with Crippen molar-refractivity contribution in [2.75, 3.05) is 0 Å². The van der Waals surface area contributed by atoms with Crippen LogP contribution in [0, 0.1) is 6.92 Å². The number of halogens is 1. The smallest absolute Gasteiger partial charge is 0.244 e. The van der Waals surface area contributed by atoms with Crippen LogP contribution in [0.15, 0.2) is 59.1 Å². The molecule has 20 heavy (non-hydrogen) atoms. The fourth-order valence-corrected chi connectivity index (χ4v) is 2.15. The first-order chi connectivity index (χ1) is 9.63. The van der Waals surface area contributed by atoms with Gasteiger partial charge in [0, 0.05) is 17.1 Å². The topological polar surface area (TPSA) is 29.1 Å². The van der Waals surface area contributed by atoms with Crippen LogP contribution < -0.4 is 5.32 Å². The molecule has 0 heterocycles. The summed E-state index contributed by atoms with van der Waals surface area (Å²) >= 11 is 3.40. The van der Waals surface area contributed by atoms with Crippen molar-refractivity contribution in [1.82, 2.24) is 5.32 Å². The van der Waals surface area contributed by atoms with Crippen LogP contribution in [-0.4, -0.2) is 5.91 Å². The Kier molecular flexibility index (Phi) is 5.13. The van der Waals surface area contributed by atoms with Gasteiger partial charge in [-0.05, 0) is 36.3 Å². The van der Waals surface area contributed by atoms with Gasteiger partial charge in [-0.3, -0.25) is 4.79 Å². The van der Waals surface area contributed by atoms with E-state index >= 15 is 0 Å². The van der Waals surface area contributed by atoms with E-state index < -0.39 is 0 Å². The van der Waals surface area contributed by atoms with Gasteiger partial charge >= 0.3 is 0 Å². The highest BCUT2D eigenvalue weighted by Gasteiger charge is 1.97. The van der Waals surface area contributed by atoms with Crippen LogP contribution >= 0.6 is 15.9 Å². The van der Waals surface area contributed by atoms with E-state index in [0.717, 1.165) is 15.6 Å². The summed E-state index contributed by atoms with van der Waals surface area (Å²) in [7, 11) is 0. The number of hydrogen-bond acceptors (Lipinski definition) is 1. The van der Waals surface area contributed by atoms with Gasteiger partial charge in [-0.2, -0.15) is 0 Å². The Hall–Kier alpha value is -1.87. The highest BCUT2D eigenvalue weighted by molar-refractivity contribution is 9.10. The Morgan fingerprint density at radius 1 is 1.20 bits per heavy atom. The summed E-state index contributed by atoms with van der Waals surface area (Å²) < 4.78 is 1.000. The summed E-state index contributed by atoms with van der Waals surface area (Å²) in [6.45, 7) is 2.59. The quantitative estimate of drug-likeness (QED) is 0.841. The standard InChI is InChI=1S/C17H16BrNO/c1-13-5-7-15(8-6-13)12-19-17(20)10-9-14-3-2-4-16(18)11-14/h2-11H,12H2,1H3,(H,19,20)/b10-9+. The Bertz CT molecular complexity index is 617. The molecular weight excluding hydrogens is 314 g/mol. The molecule has 0 unspecified atom stereocenters. The molecule has 0 spiro atoms. The van der Waals surface area contributed by atoms with E-state index in [4.69, 9.17) is 0 Å². The summed E-state index contributed by atoms with van der Waals surface area (Å²) in [4.78, 5) is 11.7.